The van der Waals surface area contributed by atoms with Gasteiger partial charge in [-0.2, -0.15) is 13.2 Å². The number of halogens is 5. The second-order valence-corrected chi connectivity index (χ2v) is 2.69. The number of rotatable bonds is 0. The van der Waals surface area contributed by atoms with E-state index < -0.39 is 28.3 Å². The first-order valence-electron chi connectivity index (χ1n) is 3.07. The van der Waals surface area contributed by atoms with Gasteiger partial charge in [0, 0.05) is 0 Å². The molecule has 0 heterocycles. The maximum Gasteiger partial charge on any atom is 0.416 e. The second kappa shape index (κ2) is 3.06. The van der Waals surface area contributed by atoms with Crippen molar-refractivity contribution in [3.8, 4) is 5.75 Å². The van der Waals surface area contributed by atoms with Crippen LogP contribution in [0.4, 0.5) is 17.6 Å². The molecule has 0 saturated heterocycles. The number of aromatic hydroxyl groups is 1. The molecule has 0 radical (unpaired) electrons. The van der Waals surface area contributed by atoms with Crippen molar-refractivity contribution < 1.29 is 22.7 Å². The molecule has 6 heteroatoms. The Morgan fingerprint density at radius 3 is 2.15 bits per heavy atom. The van der Waals surface area contributed by atoms with Gasteiger partial charge in [-0.1, -0.05) is 11.6 Å². The molecule has 1 aromatic carbocycles. The van der Waals surface area contributed by atoms with E-state index >= 15 is 0 Å². The zero-order chi connectivity index (χ0) is 10.2. The van der Waals surface area contributed by atoms with E-state index in [2.05, 4.69) is 0 Å². The van der Waals surface area contributed by atoms with Gasteiger partial charge in [0.2, 0.25) is 0 Å². The maximum atomic E-state index is 12.5. The first kappa shape index (κ1) is 10.1. The van der Waals surface area contributed by atoms with E-state index in [0.717, 1.165) is 0 Å². The quantitative estimate of drug-likeness (QED) is 0.658. The van der Waals surface area contributed by atoms with E-state index in [1.165, 1.54) is 0 Å². The molecule has 1 aromatic rings. The minimum absolute atomic E-state index is 0.182. The third kappa shape index (κ3) is 2.03. The molecule has 1 nitrogen and oxygen atoms in total. The van der Waals surface area contributed by atoms with Crippen molar-refractivity contribution in [1.29, 1.82) is 0 Å². The molecule has 0 unspecified atom stereocenters. The average molecular weight is 215 g/mol. The molecule has 0 amide bonds. The van der Waals surface area contributed by atoms with Crippen molar-refractivity contribution in [2.75, 3.05) is 0 Å². The van der Waals surface area contributed by atoms with Crippen molar-refractivity contribution in [2.45, 2.75) is 6.18 Å². The fraction of sp³-hybridized carbons (Fsp3) is 0.143. The van der Waals surface area contributed by atoms with Crippen LogP contribution in [0.25, 0.3) is 0 Å². The van der Waals surface area contributed by atoms with Crippen LogP contribution in [0.15, 0.2) is 12.1 Å². The number of alkyl halides is 3. The van der Waals surface area contributed by atoms with E-state index in [1.54, 1.807) is 0 Å². The Hall–Kier alpha value is -0.970. The number of phenols is 1. The van der Waals surface area contributed by atoms with Gasteiger partial charge in [0.1, 0.15) is 0 Å². The van der Waals surface area contributed by atoms with Crippen LogP contribution in [0.1, 0.15) is 5.56 Å². The van der Waals surface area contributed by atoms with Crippen LogP contribution in [0.5, 0.6) is 5.75 Å². The van der Waals surface area contributed by atoms with Gasteiger partial charge in [-0.15, -0.1) is 0 Å². The van der Waals surface area contributed by atoms with Gasteiger partial charge in [0.05, 0.1) is 10.6 Å². The fourth-order valence-electron chi connectivity index (χ4n) is 0.729. The Kier molecular flexibility index (Phi) is 2.38. The lowest BCUT2D eigenvalue weighted by molar-refractivity contribution is -0.137. The van der Waals surface area contributed by atoms with E-state index in [0.29, 0.717) is 6.07 Å². The summed E-state index contributed by atoms with van der Waals surface area (Å²) in [5.41, 5.74) is -1.23. The molecular weight excluding hydrogens is 212 g/mol. The van der Waals surface area contributed by atoms with Gasteiger partial charge < -0.3 is 5.11 Å². The smallest absolute Gasteiger partial charge is 0.416 e. The SMILES string of the molecule is Oc1c(F)cc(C(F)(F)F)cc1Cl. The molecule has 0 spiro atoms. The molecule has 1 rings (SSSR count). The zero-order valence-corrected chi connectivity index (χ0v) is 6.75. The normalized spacial score (nSPS) is 11.8. The van der Waals surface area contributed by atoms with Crippen molar-refractivity contribution in [3.63, 3.8) is 0 Å². The monoisotopic (exact) mass is 214 g/mol. The average Bonchev–Trinajstić information content (AvgIpc) is 1.97. The molecule has 0 fully saturated rings. The number of phenolic OH excluding ortho intramolecular Hbond substituents is 1. The summed E-state index contributed by atoms with van der Waals surface area (Å²) in [6, 6.07) is 0.640. The summed E-state index contributed by atoms with van der Waals surface area (Å²) < 4.78 is 48.5. The van der Waals surface area contributed by atoms with Crippen LogP contribution in [-0.4, -0.2) is 5.11 Å². The van der Waals surface area contributed by atoms with Crippen LogP contribution < -0.4 is 0 Å². The van der Waals surface area contributed by atoms with Crippen molar-refractivity contribution in [1.82, 2.24) is 0 Å². The zero-order valence-electron chi connectivity index (χ0n) is 5.99. The van der Waals surface area contributed by atoms with Gasteiger partial charge in [-0.05, 0) is 12.1 Å². The first-order chi connectivity index (χ1) is 5.82. The van der Waals surface area contributed by atoms with Gasteiger partial charge in [-0.3, -0.25) is 0 Å². The van der Waals surface area contributed by atoms with Crippen LogP contribution in [-0.2, 0) is 6.18 Å². The highest BCUT2D eigenvalue weighted by atomic mass is 35.5. The van der Waals surface area contributed by atoms with Gasteiger partial charge in [-0.25, -0.2) is 4.39 Å². The molecule has 1 N–H and O–H groups in total. The fourth-order valence-corrected chi connectivity index (χ4v) is 0.937. The van der Waals surface area contributed by atoms with Crippen molar-refractivity contribution >= 4 is 11.6 Å². The Bertz CT molecular complexity index is 311. The number of hydrogen-bond acceptors (Lipinski definition) is 1. The number of hydrogen-bond donors (Lipinski definition) is 1. The standard InChI is InChI=1S/C7H3ClF4O/c8-4-1-3(7(10,11)12)2-5(9)6(4)13/h1-2,13H. The molecule has 0 aromatic heterocycles. The lowest BCUT2D eigenvalue weighted by Gasteiger charge is -2.07. The molecule has 0 aliphatic carbocycles. The highest BCUT2D eigenvalue weighted by Gasteiger charge is 2.32. The van der Waals surface area contributed by atoms with Crippen LogP contribution in [0.2, 0.25) is 5.02 Å². The summed E-state index contributed by atoms with van der Waals surface area (Å²) in [5.74, 6) is -2.37. The van der Waals surface area contributed by atoms with Crippen LogP contribution in [0, 0.1) is 5.82 Å². The highest BCUT2D eigenvalue weighted by Crippen LogP contribution is 2.35. The number of benzene rings is 1. The Morgan fingerprint density at radius 2 is 1.77 bits per heavy atom. The van der Waals surface area contributed by atoms with Crippen molar-refractivity contribution in [3.05, 3.63) is 28.5 Å². The third-order valence-electron chi connectivity index (χ3n) is 1.34. The summed E-state index contributed by atoms with van der Waals surface area (Å²) in [4.78, 5) is 0. The lowest BCUT2D eigenvalue weighted by atomic mass is 10.2. The second-order valence-electron chi connectivity index (χ2n) is 2.29. The Labute approximate surface area is 75.6 Å². The van der Waals surface area contributed by atoms with E-state index in [-0.39, 0.29) is 6.07 Å². The lowest BCUT2D eigenvalue weighted by Crippen LogP contribution is -2.05. The summed E-state index contributed by atoms with van der Waals surface area (Å²) in [5, 5.41) is 8.06. The first-order valence-corrected chi connectivity index (χ1v) is 3.45. The van der Waals surface area contributed by atoms with Crippen LogP contribution >= 0.6 is 11.6 Å². The van der Waals surface area contributed by atoms with Crippen molar-refractivity contribution in [2.24, 2.45) is 0 Å². The summed E-state index contributed by atoms with van der Waals surface area (Å²) in [7, 11) is 0. The molecule has 0 bridgehead atoms. The Balaban J connectivity index is 3.29. The topological polar surface area (TPSA) is 20.2 Å². The molecular formula is C7H3ClF4O. The van der Waals surface area contributed by atoms with Gasteiger partial charge >= 0.3 is 6.18 Å². The highest BCUT2D eigenvalue weighted by molar-refractivity contribution is 6.32. The molecule has 0 atom stereocenters. The molecule has 72 valence electrons. The predicted molar refractivity (Wildman–Crippen MR) is 38.1 cm³/mol. The van der Waals surface area contributed by atoms with Gasteiger partial charge in [0.15, 0.2) is 11.6 Å². The molecule has 0 saturated carbocycles. The van der Waals surface area contributed by atoms with E-state index in [4.69, 9.17) is 16.7 Å². The van der Waals surface area contributed by atoms with E-state index in [1.807, 2.05) is 0 Å². The van der Waals surface area contributed by atoms with E-state index in [9.17, 15) is 17.6 Å². The molecule has 13 heavy (non-hydrogen) atoms. The minimum atomic E-state index is -4.67. The minimum Gasteiger partial charge on any atom is -0.504 e. The Morgan fingerprint density at radius 1 is 1.23 bits per heavy atom. The van der Waals surface area contributed by atoms with Gasteiger partial charge in [0.25, 0.3) is 0 Å². The molecule has 0 aliphatic rings. The molecule has 0 aliphatic heterocycles. The summed E-state index contributed by atoms with van der Waals surface area (Å²) >= 11 is 5.14. The summed E-state index contributed by atoms with van der Waals surface area (Å²) in [6.07, 6.45) is -4.67. The third-order valence-corrected chi connectivity index (χ3v) is 1.63. The predicted octanol–water partition coefficient (Wildman–Crippen LogP) is 3.20. The maximum absolute atomic E-state index is 12.5. The largest absolute Gasteiger partial charge is 0.504 e. The van der Waals surface area contributed by atoms with Crippen LogP contribution in [0.3, 0.4) is 0 Å². The summed E-state index contributed by atoms with van der Waals surface area (Å²) in [6.45, 7) is 0.